The zero-order chi connectivity index (χ0) is 13.1. The van der Waals surface area contributed by atoms with Gasteiger partial charge in [0, 0.05) is 16.2 Å². The molecule has 3 nitrogen and oxygen atoms in total. The number of Topliss-reactive ketones (excluding diaryl/α,β-unsaturated/α-hetero) is 1. The molecular formula is C13H10BrClN2O. The van der Waals surface area contributed by atoms with Crippen LogP contribution in [0.25, 0.3) is 0 Å². The zero-order valence-electron chi connectivity index (χ0n) is 9.58. The summed E-state index contributed by atoms with van der Waals surface area (Å²) in [6.07, 6.45) is 3.19. The van der Waals surface area contributed by atoms with Gasteiger partial charge in [0.15, 0.2) is 5.78 Å². The van der Waals surface area contributed by atoms with E-state index in [-0.39, 0.29) is 5.78 Å². The highest BCUT2D eigenvalue weighted by molar-refractivity contribution is 9.10. The average molecular weight is 326 g/mol. The van der Waals surface area contributed by atoms with Gasteiger partial charge in [-0.15, -0.1) is 0 Å². The number of ketones is 1. The summed E-state index contributed by atoms with van der Waals surface area (Å²) in [5.41, 5.74) is 1.97. The number of aromatic nitrogens is 1. The summed E-state index contributed by atoms with van der Waals surface area (Å²) in [6, 6.07) is 7.17. The number of nitrogens with one attached hydrogen (secondary N) is 1. The number of rotatable bonds is 3. The Kier molecular flexibility index (Phi) is 3.99. The van der Waals surface area contributed by atoms with Crippen LogP contribution >= 0.6 is 27.5 Å². The molecule has 92 valence electrons. The molecule has 0 aliphatic carbocycles. The minimum Gasteiger partial charge on any atom is -0.352 e. The molecule has 2 aromatic rings. The van der Waals surface area contributed by atoms with Crippen LogP contribution in [0.5, 0.6) is 0 Å². The smallest absolute Gasteiger partial charge is 0.162 e. The molecule has 0 unspecified atom stereocenters. The summed E-state index contributed by atoms with van der Waals surface area (Å²) < 4.78 is 0.899. The maximum absolute atomic E-state index is 11.5. The van der Waals surface area contributed by atoms with Crippen LogP contribution in [0, 0.1) is 0 Å². The predicted molar refractivity (Wildman–Crippen MR) is 76.7 cm³/mol. The van der Waals surface area contributed by atoms with E-state index in [0.29, 0.717) is 16.3 Å². The molecule has 1 aromatic carbocycles. The van der Waals surface area contributed by atoms with Crippen LogP contribution in [0.15, 0.2) is 41.1 Å². The van der Waals surface area contributed by atoms with E-state index >= 15 is 0 Å². The second-order valence-corrected chi connectivity index (χ2v) is 5.05. The molecule has 0 saturated heterocycles. The van der Waals surface area contributed by atoms with Crippen molar-refractivity contribution >= 4 is 44.7 Å². The van der Waals surface area contributed by atoms with E-state index in [1.54, 1.807) is 24.5 Å². The molecule has 0 bridgehead atoms. The first kappa shape index (κ1) is 13.1. The van der Waals surface area contributed by atoms with Crippen LogP contribution in [-0.2, 0) is 0 Å². The van der Waals surface area contributed by atoms with Gasteiger partial charge in [-0.3, -0.25) is 9.78 Å². The number of pyridine rings is 1. The fraction of sp³-hybridized carbons (Fsp3) is 0.0769. The first-order valence-electron chi connectivity index (χ1n) is 5.25. The van der Waals surface area contributed by atoms with E-state index in [2.05, 4.69) is 26.2 Å². The number of anilines is 2. The van der Waals surface area contributed by atoms with Gasteiger partial charge in [-0.05, 0) is 31.2 Å². The fourth-order valence-corrected chi connectivity index (χ4v) is 2.26. The van der Waals surface area contributed by atoms with Crippen LogP contribution in [-0.4, -0.2) is 10.8 Å². The fourth-order valence-electron chi connectivity index (χ4n) is 1.54. The minimum atomic E-state index is -0.0202. The molecule has 1 heterocycles. The molecule has 0 amide bonds. The number of hydrogen-bond acceptors (Lipinski definition) is 3. The Labute approximate surface area is 118 Å². The van der Waals surface area contributed by atoms with Crippen molar-refractivity contribution in [1.82, 2.24) is 4.98 Å². The monoisotopic (exact) mass is 324 g/mol. The normalized spacial score (nSPS) is 10.2. The highest BCUT2D eigenvalue weighted by Gasteiger charge is 2.08. The highest BCUT2D eigenvalue weighted by atomic mass is 79.9. The van der Waals surface area contributed by atoms with Crippen molar-refractivity contribution in [2.75, 3.05) is 5.32 Å². The van der Waals surface area contributed by atoms with E-state index in [1.807, 2.05) is 12.1 Å². The topological polar surface area (TPSA) is 42.0 Å². The molecule has 0 spiro atoms. The van der Waals surface area contributed by atoms with Crippen molar-refractivity contribution in [3.05, 3.63) is 51.7 Å². The number of carbonyl (C=O) groups excluding carboxylic acids is 1. The maximum atomic E-state index is 11.5. The number of benzene rings is 1. The van der Waals surface area contributed by atoms with Gasteiger partial charge in [-0.25, -0.2) is 0 Å². The number of halogens is 2. The quantitative estimate of drug-likeness (QED) is 0.848. The molecule has 1 N–H and O–H groups in total. The molecule has 0 aliphatic heterocycles. The Morgan fingerprint density at radius 3 is 2.78 bits per heavy atom. The van der Waals surface area contributed by atoms with Crippen molar-refractivity contribution < 1.29 is 4.79 Å². The molecular weight excluding hydrogens is 316 g/mol. The third kappa shape index (κ3) is 2.89. The van der Waals surface area contributed by atoms with Gasteiger partial charge >= 0.3 is 0 Å². The SMILES string of the molecule is CC(=O)c1ccncc1Nc1ccc(Br)cc1Cl. The van der Waals surface area contributed by atoms with Crippen LogP contribution < -0.4 is 5.32 Å². The molecule has 0 radical (unpaired) electrons. The third-order valence-corrected chi connectivity index (χ3v) is 3.21. The Hall–Kier alpha value is -1.39. The predicted octanol–water partition coefficient (Wildman–Crippen LogP) is 4.44. The van der Waals surface area contributed by atoms with Crippen LogP contribution in [0.3, 0.4) is 0 Å². The van der Waals surface area contributed by atoms with Crippen LogP contribution in [0.2, 0.25) is 5.02 Å². The van der Waals surface area contributed by atoms with Gasteiger partial charge in [-0.2, -0.15) is 0 Å². The Morgan fingerprint density at radius 2 is 2.11 bits per heavy atom. The van der Waals surface area contributed by atoms with Gasteiger partial charge in [0.05, 0.1) is 22.6 Å². The van der Waals surface area contributed by atoms with E-state index < -0.39 is 0 Å². The largest absolute Gasteiger partial charge is 0.352 e. The first-order valence-corrected chi connectivity index (χ1v) is 6.42. The second-order valence-electron chi connectivity index (χ2n) is 3.73. The molecule has 2 rings (SSSR count). The van der Waals surface area contributed by atoms with Crippen LogP contribution in [0.1, 0.15) is 17.3 Å². The standard InChI is InChI=1S/C13H10BrClN2O/c1-8(18)10-4-5-16-7-13(10)17-12-3-2-9(14)6-11(12)15/h2-7,17H,1H3. The summed E-state index contributed by atoms with van der Waals surface area (Å²) in [5.74, 6) is -0.0202. The van der Waals surface area contributed by atoms with Crippen molar-refractivity contribution in [1.29, 1.82) is 0 Å². The molecule has 0 aliphatic rings. The summed E-state index contributed by atoms with van der Waals surface area (Å²) in [6.45, 7) is 1.52. The average Bonchev–Trinajstić information content (AvgIpc) is 2.33. The lowest BCUT2D eigenvalue weighted by Gasteiger charge is -2.11. The summed E-state index contributed by atoms with van der Waals surface area (Å²) in [7, 11) is 0. The van der Waals surface area contributed by atoms with Gasteiger partial charge in [0.2, 0.25) is 0 Å². The van der Waals surface area contributed by atoms with Crippen molar-refractivity contribution in [3.8, 4) is 0 Å². The second kappa shape index (κ2) is 5.50. The first-order chi connectivity index (χ1) is 8.58. The summed E-state index contributed by atoms with van der Waals surface area (Å²) >= 11 is 9.45. The van der Waals surface area contributed by atoms with Gasteiger partial charge in [0.1, 0.15) is 0 Å². The van der Waals surface area contributed by atoms with E-state index in [1.165, 1.54) is 6.92 Å². The van der Waals surface area contributed by atoms with Crippen molar-refractivity contribution in [2.24, 2.45) is 0 Å². The van der Waals surface area contributed by atoms with E-state index in [4.69, 9.17) is 11.6 Å². The molecule has 0 fully saturated rings. The third-order valence-electron chi connectivity index (χ3n) is 2.40. The Balaban J connectivity index is 2.37. The number of carbonyl (C=O) groups is 1. The molecule has 0 saturated carbocycles. The zero-order valence-corrected chi connectivity index (χ0v) is 11.9. The van der Waals surface area contributed by atoms with Crippen LogP contribution in [0.4, 0.5) is 11.4 Å². The molecule has 18 heavy (non-hydrogen) atoms. The van der Waals surface area contributed by atoms with E-state index in [0.717, 1.165) is 10.2 Å². The Bertz CT molecular complexity index is 601. The van der Waals surface area contributed by atoms with E-state index in [9.17, 15) is 4.79 Å². The lowest BCUT2D eigenvalue weighted by Crippen LogP contribution is -2.01. The molecule has 1 aromatic heterocycles. The maximum Gasteiger partial charge on any atom is 0.162 e. The highest BCUT2D eigenvalue weighted by Crippen LogP contribution is 2.29. The van der Waals surface area contributed by atoms with Gasteiger partial charge in [-0.1, -0.05) is 27.5 Å². The summed E-state index contributed by atoms with van der Waals surface area (Å²) in [5, 5.41) is 3.69. The summed E-state index contributed by atoms with van der Waals surface area (Å²) in [4.78, 5) is 15.5. The molecule has 5 heteroatoms. The lowest BCUT2D eigenvalue weighted by molar-refractivity contribution is 0.101. The van der Waals surface area contributed by atoms with Gasteiger partial charge < -0.3 is 5.32 Å². The Morgan fingerprint density at radius 1 is 1.33 bits per heavy atom. The number of hydrogen-bond donors (Lipinski definition) is 1. The molecule has 0 atom stereocenters. The van der Waals surface area contributed by atoms with Gasteiger partial charge in [0.25, 0.3) is 0 Å². The lowest BCUT2D eigenvalue weighted by atomic mass is 10.1. The number of nitrogens with zero attached hydrogens (tertiary/aromatic N) is 1. The minimum absolute atomic E-state index is 0.0202. The van der Waals surface area contributed by atoms with Crippen molar-refractivity contribution in [3.63, 3.8) is 0 Å². The van der Waals surface area contributed by atoms with Crippen molar-refractivity contribution in [2.45, 2.75) is 6.92 Å².